The van der Waals surface area contributed by atoms with Gasteiger partial charge in [-0.2, -0.15) is 0 Å². The van der Waals surface area contributed by atoms with E-state index in [-0.39, 0.29) is 0 Å². The van der Waals surface area contributed by atoms with Gasteiger partial charge in [-0.25, -0.2) is 0 Å². The zero-order valence-corrected chi connectivity index (χ0v) is 18.4. The molecule has 3 heteroatoms. The Morgan fingerprint density at radius 1 is 1.21 bits per heavy atom. The third-order valence-corrected chi connectivity index (χ3v) is 7.01. The number of fused-ring (bicyclic) bond motifs is 1. The highest BCUT2D eigenvalue weighted by Gasteiger charge is 2.53. The lowest BCUT2D eigenvalue weighted by Crippen LogP contribution is -2.42. The highest BCUT2D eigenvalue weighted by Crippen LogP contribution is 2.58. The van der Waals surface area contributed by atoms with Crippen molar-refractivity contribution in [2.45, 2.75) is 65.4 Å². The summed E-state index contributed by atoms with van der Waals surface area (Å²) in [6.45, 7) is 7.85. The van der Waals surface area contributed by atoms with Crippen molar-refractivity contribution >= 4 is 0 Å². The van der Waals surface area contributed by atoms with Crippen LogP contribution in [0.4, 0.5) is 0 Å². The summed E-state index contributed by atoms with van der Waals surface area (Å²) in [5.41, 5.74) is 3.14. The van der Waals surface area contributed by atoms with Gasteiger partial charge in [0.2, 0.25) is 0 Å². The van der Waals surface area contributed by atoms with Crippen molar-refractivity contribution in [3.05, 3.63) is 41.7 Å². The van der Waals surface area contributed by atoms with Crippen LogP contribution in [-0.4, -0.2) is 26.9 Å². The maximum Gasteiger partial charge on any atom is 0.119 e. The number of methoxy groups -OCH3 is 2. The van der Waals surface area contributed by atoms with Crippen LogP contribution >= 0.6 is 0 Å². The Hall–Kier alpha value is -1.48. The first kappa shape index (κ1) is 21.2. The van der Waals surface area contributed by atoms with E-state index in [0.717, 1.165) is 25.2 Å². The SMILES string of the molecule is CO/C=C1\CC[C@]2(C)[C@@H](OCC(C)C)CC[C@H]2[C@@H]1CCc1cccc(OC)c1. The molecule has 0 unspecified atom stereocenters. The molecule has 3 nitrogen and oxygen atoms in total. The molecule has 2 saturated carbocycles. The maximum atomic E-state index is 6.41. The molecule has 3 rings (SSSR count). The first-order valence-electron chi connectivity index (χ1n) is 10.9. The molecule has 0 saturated heterocycles. The highest BCUT2D eigenvalue weighted by atomic mass is 16.5. The minimum atomic E-state index is 0.291. The average molecular weight is 387 g/mol. The Bertz CT molecular complexity index is 666. The van der Waals surface area contributed by atoms with Gasteiger partial charge < -0.3 is 14.2 Å². The molecule has 0 aliphatic heterocycles. The summed E-state index contributed by atoms with van der Waals surface area (Å²) < 4.78 is 17.3. The van der Waals surface area contributed by atoms with E-state index in [1.54, 1.807) is 14.2 Å². The van der Waals surface area contributed by atoms with Crippen molar-refractivity contribution in [1.82, 2.24) is 0 Å². The molecule has 2 aliphatic rings. The largest absolute Gasteiger partial charge is 0.504 e. The van der Waals surface area contributed by atoms with Gasteiger partial charge in [0.05, 0.1) is 26.6 Å². The Morgan fingerprint density at radius 2 is 2.04 bits per heavy atom. The quantitative estimate of drug-likeness (QED) is 0.511. The lowest BCUT2D eigenvalue weighted by Gasteiger charge is -2.46. The van der Waals surface area contributed by atoms with E-state index in [0.29, 0.717) is 29.3 Å². The topological polar surface area (TPSA) is 27.7 Å². The Morgan fingerprint density at radius 3 is 2.75 bits per heavy atom. The van der Waals surface area contributed by atoms with Crippen LogP contribution in [0.1, 0.15) is 58.4 Å². The Kier molecular flexibility index (Phi) is 7.09. The predicted octanol–water partition coefficient (Wildman–Crippen LogP) is 6.03. The van der Waals surface area contributed by atoms with E-state index in [4.69, 9.17) is 14.2 Å². The van der Waals surface area contributed by atoms with E-state index < -0.39 is 0 Å². The molecule has 0 amide bonds. The number of benzene rings is 1. The molecule has 0 radical (unpaired) electrons. The molecule has 4 atom stereocenters. The molecule has 2 aliphatic carbocycles. The van der Waals surface area contributed by atoms with Crippen molar-refractivity contribution < 1.29 is 14.2 Å². The standard InChI is InChI=1S/C25H38O3/c1-18(2)16-28-24-12-11-23-22(20(17-26-4)13-14-25(23,24)3)10-9-19-7-6-8-21(15-19)27-5/h6-8,15,17-18,22-24H,9-14,16H2,1-5H3/b20-17+/t22-,23+,24+,25+/m1/s1. The van der Waals surface area contributed by atoms with E-state index in [2.05, 4.69) is 39.0 Å². The Balaban J connectivity index is 1.75. The van der Waals surface area contributed by atoms with Crippen LogP contribution in [0.5, 0.6) is 5.75 Å². The third-order valence-electron chi connectivity index (χ3n) is 7.01. The smallest absolute Gasteiger partial charge is 0.119 e. The molecule has 0 N–H and O–H groups in total. The van der Waals surface area contributed by atoms with Gasteiger partial charge in [-0.3, -0.25) is 0 Å². The second-order valence-electron chi connectivity index (χ2n) is 9.33. The molecule has 0 heterocycles. The molecule has 28 heavy (non-hydrogen) atoms. The first-order valence-corrected chi connectivity index (χ1v) is 10.9. The predicted molar refractivity (Wildman–Crippen MR) is 115 cm³/mol. The fraction of sp³-hybridized carbons (Fsp3) is 0.680. The summed E-state index contributed by atoms with van der Waals surface area (Å²) in [5, 5.41) is 0. The van der Waals surface area contributed by atoms with Gasteiger partial charge in [-0.1, -0.05) is 32.9 Å². The second kappa shape index (κ2) is 9.35. The van der Waals surface area contributed by atoms with Crippen LogP contribution < -0.4 is 4.74 Å². The molecular weight excluding hydrogens is 348 g/mol. The molecule has 1 aromatic rings. The van der Waals surface area contributed by atoms with Crippen molar-refractivity contribution in [3.8, 4) is 5.75 Å². The van der Waals surface area contributed by atoms with Crippen LogP contribution in [0.25, 0.3) is 0 Å². The normalized spacial score (nSPS) is 31.2. The Labute approximate surface area is 171 Å². The number of ether oxygens (including phenoxy) is 3. The van der Waals surface area contributed by atoms with Crippen LogP contribution in [0.3, 0.4) is 0 Å². The summed E-state index contributed by atoms with van der Waals surface area (Å²) in [5.74, 6) is 2.81. The molecule has 0 aromatic heterocycles. The molecule has 1 aromatic carbocycles. The average Bonchev–Trinajstić information content (AvgIpc) is 3.02. The van der Waals surface area contributed by atoms with E-state index in [1.165, 1.54) is 36.8 Å². The third kappa shape index (κ3) is 4.56. The van der Waals surface area contributed by atoms with Gasteiger partial charge >= 0.3 is 0 Å². The molecule has 0 bridgehead atoms. The molecule has 0 spiro atoms. The summed E-state index contributed by atoms with van der Waals surface area (Å²) in [6.07, 6.45) is 9.48. The number of aryl methyl sites for hydroxylation is 1. The summed E-state index contributed by atoms with van der Waals surface area (Å²) in [6, 6.07) is 8.50. The maximum absolute atomic E-state index is 6.41. The lowest BCUT2D eigenvalue weighted by molar-refractivity contribution is -0.0569. The van der Waals surface area contributed by atoms with Gasteiger partial charge in [0.1, 0.15) is 5.75 Å². The molecular formula is C25H38O3. The first-order chi connectivity index (χ1) is 13.5. The zero-order chi connectivity index (χ0) is 20.1. The van der Waals surface area contributed by atoms with Crippen LogP contribution in [-0.2, 0) is 15.9 Å². The number of hydrogen-bond acceptors (Lipinski definition) is 3. The van der Waals surface area contributed by atoms with E-state index in [9.17, 15) is 0 Å². The van der Waals surface area contributed by atoms with Crippen molar-refractivity contribution in [3.63, 3.8) is 0 Å². The summed E-state index contributed by atoms with van der Waals surface area (Å²) in [4.78, 5) is 0. The van der Waals surface area contributed by atoms with Crippen molar-refractivity contribution in [2.75, 3.05) is 20.8 Å². The van der Waals surface area contributed by atoms with Crippen molar-refractivity contribution in [1.29, 1.82) is 0 Å². The second-order valence-corrected chi connectivity index (χ2v) is 9.33. The zero-order valence-electron chi connectivity index (χ0n) is 18.4. The van der Waals surface area contributed by atoms with Gasteiger partial charge in [-0.05, 0) is 85.0 Å². The monoisotopic (exact) mass is 386 g/mol. The van der Waals surface area contributed by atoms with Crippen LogP contribution in [0, 0.1) is 23.2 Å². The van der Waals surface area contributed by atoms with E-state index >= 15 is 0 Å². The number of allylic oxidation sites excluding steroid dienone is 1. The number of hydrogen-bond donors (Lipinski definition) is 0. The highest BCUT2D eigenvalue weighted by molar-refractivity contribution is 5.29. The molecule has 156 valence electrons. The molecule has 2 fully saturated rings. The van der Waals surface area contributed by atoms with Crippen LogP contribution in [0.15, 0.2) is 36.1 Å². The number of rotatable bonds is 8. The lowest BCUT2D eigenvalue weighted by atomic mass is 9.61. The van der Waals surface area contributed by atoms with Crippen molar-refractivity contribution in [2.24, 2.45) is 23.2 Å². The van der Waals surface area contributed by atoms with Gasteiger partial charge in [0.25, 0.3) is 0 Å². The fourth-order valence-corrected chi connectivity index (χ4v) is 5.51. The minimum Gasteiger partial charge on any atom is -0.504 e. The summed E-state index contributed by atoms with van der Waals surface area (Å²) in [7, 11) is 3.52. The van der Waals surface area contributed by atoms with Crippen LogP contribution in [0.2, 0.25) is 0 Å². The minimum absolute atomic E-state index is 0.291. The summed E-state index contributed by atoms with van der Waals surface area (Å²) >= 11 is 0. The van der Waals surface area contributed by atoms with Gasteiger partial charge in [-0.15, -0.1) is 0 Å². The van der Waals surface area contributed by atoms with E-state index in [1.807, 2.05) is 12.3 Å². The fourth-order valence-electron chi connectivity index (χ4n) is 5.51. The van der Waals surface area contributed by atoms with Gasteiger partial charge in [0, 0.05) is 6.61 Å². The van der Waals surface area contributed by atoms with Gasteiger partial charge in [0.15, 0.2) is 0 Å².